The van der Waals surface area contributed by atoms with E-state index in [4.69, 9.17) is 25.7 Å². The van der Waals surface area contributed by atoms with Crippen molar-refractivity contribution in [2.45, 2.75) is 70.2 Å². The summed E-state index contributed by atoms with van der Waals surface area (Å²) in [6, 6.07) is 0. The van der Waals surface area contributed by atoms with Crippen LogP contribution in [-0.4, -0.2) is 23.8 Å². The van der Waals surface area contributed by atoms with Gasteiger partial charge in [0.2, 0.25) is 5.79 Å². The van der Waals surface area contributed by atoms with E-state index in [1.807, 2.05) is 6.92 Å². The second-order valence-corrected chi connectivity index (χ2v) is 7.49. The molecule has 4 nitrogen and oxygen atoms in total. The average molecular weight is 292 g/mol. The lowest BCUT2D eigenvalue weighted by Crippen LogP contribution is -2.70. The van der Waals surface area contributed by atoms with Crippen LogP contribution in [-0.2, 0) is 19.2 Å². The van der Waals surface area contributed by atoms with Gasteiger partial charge in [-0.25, -0.2) is 9.78 Å². The van der Waals surface area contributed by atoms with E-state index in [0.717, 1.165) is 19.3 Å². The molecule has 1 aliphatic carbocycles. The summed E-state index contributed by atoms with van der Waals surface area (Å²) < 4.78 is 12.3. The van der Waals surface area contributed by atoms with Crippen LogP contribution in [0, 0.1) is 36.0 Å². The van der Waals surface area contributed by atoms with Gasteiger partial charge in [0.15, 0.2) is 11.9 Å². The summed E-state index contributed by atoms with van der Waals surface area (Å²) in [5.41, 5.74) is -0.486. The third-order valence-electron chi connectivity index (χ3n) is 6.32. The Labute approximate surface area is 126 Å². The molecule has 0 aromatic carbocycles. The Morgan fingerprint density at radius 2 is 1.90 bits per heavy atom. The minimum Gasteiger partial charge on any atom is -0.333 e. The Bertz CT molecular complexity index is 486. The molecule has 0 N–H and O–H groups in total. The van der Waals surface area contributed by atoms with Gasteiger partial charge in [-0.2, -0.15) is 0 Å². The van der Waals surface area contributed by atoms with E-state index in [9.17, 15) is 0 Å². The molecule has 4 heteroatoms. The molecule has 8 atom stereocenters. The highest BCUT2D eigenvalue weighted by Crippen LogP contribution is 2.60. The van der Waals surface area contributed by atoms with Gasteiger partial charge in [-0.15, -0.1) is 6.42 Å². The molecule has 2 bridgehead atoms. The van der Waals surface area contributed by atoms with E-state index in [-0.39, 0.29) is 12.0 Å². The van der Waals surface area contributed by atoms with E-state index in [2.05, 4.69) is 19.8 Å². The Morgan fingerprint density at radius 3 is 2.67 bits per heavy atom. The first-order chi connectivity index (χ1) is 10.00. The molecule has 5 rings (SSSR count). The monoisotopic (exact) mass is 292 g/mol. The molecule has 4 aliphatic heterocycles. The summed E-state index contributed by atoms with van der Waals surface area (Å²) in [5, 5.41) is 0. The Balaban J connectivity index is 1.82. The lowest BCUT2D eigenvalue weighted by Gasteiger charge is -2.59. The number of hydrogen-bond acceptors (Lipinski definition) is 4. The van der Waals surface area contributed by atoms with Crippen molar-refractivity contribution in [2.24, 2.45) is 23.7 Å². The largest absolute Gasteiger partial charge is 0.333 e. The molecule has 4 heterocycles. The maximum atomic E-state index is 6.19. The topological polar surface area (TPSA) is 36.9 Å². The zero-order chi connectivity index (χ0) is 14.8. The summed E-state index contributed by atoms with van der Waals surface area (Å²) in [4.78, 5) is 11.8. The average Bonchev–Trinajstić information content (AvgIpc) is 2.69. The molecule has 0 amide bonds. The van der Waals surface area contributed by atoms with Crippen LogP contribution in [0.5, 0.6) is 0 Å². The van der Waals surface area contributed by atoms with Gasteiger partial charge in [0, 0.05) is 12.3 Å². The lowest BCUT2D eigenvalue weighted by molar-refractivity contribution is -0.569. The van der Waals surface area contributed by atoms with Gasteiger partial charge in [0.25, 0.3) is 0 Å². The lowest BCUT2D eigenvalue weighted by atomic mass is 9.57. The number of fused-ring (bicyclic) bond motifs is 2. The summed E-state index contributed by atoms with van der Waals surface area (Å²) in [7, 11) is 0. The minimum absolute atomic E-state index is 0.203. The summed E-state index contributed by atoms with van der Waals surface area (Å²) in [6.07, 6.45) is 9.27. The predicted octanol–water partition coefficient (Wildman–Crippen LogP) is 2.87. The molecule has 116 valence electrons. The summed E-state index contributed by atoms with van der Waals surface area (Å²) in [6.45, 7) is 6.42. The standard InChI is InChI=1S/C17H24O4/c1-5-14-11(3)13-7-6-10(2)12-8-9-16(4)19-15(18-14)17(12,13)21-20-16/h1,10-15H,6-9H2,2-4H3/t10-,11-,12+,13+,14-,15-,16+,17-/m1/s1. The van der Waals surface area contributed by atoms with E-state index >= 15 is 0 Å². The number of rotatable bonds is 0. The first-order valence-electron chi connectivity index (χ1n) is 8.16. The smallest absolute Gasteiger partial charge is 0.201 e. The molecule has 0 aromatic rings. The summed E-state index contributed by atoms with van der Waals surface area (Å²) >= 11 is 0. The van der Waals surface area contributed by atoms with Crippen LogP contribution < -0.4 is 0 Å². The van der Waals surface area contributed by atoms with Gasteiger partial charge in [-0.3, -0.25) is 0 Å². The van der Waals surface area contributed by atoms with Crippen LogP contribution in [0.1, 0.15) is 46.5 Å². The quantitative estimate of drug-likeness (QED) is 0.508. The van der Waals surface area contributed by atoms with E-state index in [0.29, 0.717) is 17.8 Å². The van der Waals surface area contributed by atoms with Crippen LogP contribution in [0.25, 0.3) is 0 Å². The van der Waals surface area contributed by atoms with E-state index < -0.39 is 17.7 Å². The Morgan fingerprint density at radius 1 is 1.10 bits per heavy atom. The van der Waals surface area contributed by atoms with Crippen molar-refractivity contribution in [1.29, 1.82) is 0 Å². The molecular weight excluding hydrogens is 268 g/mol. The van der Waals surface area contributed by atoms with Crippen molar-refractivity contribution in [3.8, 4) is 12.3 Å². The highest BCUT2D eigenvalue weighted by molar-refractivity contribution is 5.13. The third-order valence-corrected chi connectivity index (χ3v) is 6.32. The molecule has 0 radical (unpaired) electrons. The molecule has 5 aliphatic rings. The van der Waals surface area contributed by atoms with Crippen LogP contribution in [0.15, 0.2) is 0 Å². The fourth-order valence-electron chi connectivity index (χ4n) is 5.10. The van der Waals surface area contributed by atoms with Gasteiger partial charge in [0.05, 0.1) is 0 Å². The third kappa shape index (κ3) is 1.72. The Hall–Kier alpha value is -0.600. The number of hydrogen-bond donors (Lipinski definition) is 0. The van der Waals surface area contributed by atoms with Crippen molar-refractivity contribution in [2.75, 3.05) is 0 Å². The molecule has 5 fully saturated rings. The van der Waals surface area contributed by atoms with Crippen molar-refractivity contribution in [3.63, 3.8) is 0 Å². The maximum Gasteiger partial charge on any atom is 0.201 e. The van der Waals surface area contributed by atoms with Crippen molar-refractivity contribution >= 4 is 0 Å². The second kappa shape index (κ2) is 4.45. The SMILES string of the molecule is C#C[C@H]1O[C@@H]2O[C@]3(C)CC[C@H]4[C@H](C)CC[C@@H]([C@H]1C)[C@@]24OO3. The molecule has 1 spiro atoms. The van der Waals surface area contributed by atoms with Crippen molar-refractivity contribution in [1.82, 2.24) is 0 Å². The number of terminal acetylenes is 1. The second-order valence-electron chi connectivity index (χ2n) is 7.49. The van der Waals surface area contributed by atoms with Crippen molar-refractivity contribution in [3.05, 3.63) is 0 Å². The van der Waals surface area contributed by atoms with E-state index in [1.54, 1.807) is 0 Å². The maximum absolute atomic E-state index is 6.19. The van der Waals surface area contributed by atoms with Gasteiger partial charge in [-0.05, 0) is 43.9 Å². The molecule has 21 heavy (non-hydrogen) atoms. The first-order valence-corrected chi connectivity index (χ1v) is 8.16. The Kier molecular flexibility index (Phi) is 2.97. The van der Waals surface area contributed by atoms with E-state index in [1.165, 1.54) is 6.42 Å². The zero-order valence-corrected chi connectivity index (χ0v) is 13.0. The van der Waals surface area contributed by atoms with Gasteiger partial charge < -0.3 is 9.47 Å². The molecular formula is C17H24O4. The zero-order valence-electron chi connectivity index (χ0n) is 13.0. The molecule has 0 unspecified atom stereocenters. The fraction of sp³-hybridized carbons (Fsp3) is 0.882. The fourth-order valence-corrected chi connectivity index (χ4v) is 5.10. The normalized spacial score (nSPS) is 59.0. The highest BCUT2D eigenvalue weighted by atomic mass is 17.3. The molecule has 0 aromatic heterocycles. The minimum atomic E-state index is -0.711. The molecule has 1 saturated carbocycles. The molecule has 4 saturated heterocycles. The van der Waals surface area contributed by atoms with Gasteiger partial charge >= 0.3 is 0 Å². The van der Waals surface area contributed by atoms with Gasteiger partial charge in [0.1, 0.15) is 6.10 Å². The summed E-state index contributed by atoms with van der Waals surface area (Å²) in [5.74, 6) is 3.68. The van der Waals surface area contributed by atoms with Gasteiger partial charge in [-0.1, -0.05) is 19.8 Å². The van der Waals surface area contributed by atoms with Crippen molar-refractivity contribution < 1.29 is 19.2 Å². The van der Waals surface area contributed by atoms with Crippen LogP contribution in [0.3, 0.4) is 0 Å². The van der Waals surface area contributed by atoms with Crippen LogP contribution >= 0.6 is 0 Å². The van der Waals surface area contributed by atoms with Crippen LogP contribution in [0.4, 0.5) is 0 Å². The number of ether oxygens (including phenoxy) is 2. The predicted molar refractivity (Wildman–Crippen MR) is 75.7 cm³/mol. The highest BCUT2D eigenvalue weighted by Gasteiger charge is 2.69. The van der Waals surface area contributed by atoms with Crippen LogP contribution in [0.2, 0.25) is 0 Å². The first kappa shape index (κ1) is 14.0.